The molecule has 1 fully saturated rings. The van der Waals surface area contributed by atoms with Crippen LogP contribution < -0.4 is 16.0 Å². The van der Waals surface area contributed by atoms with Crippen molar-refractivity contribution in [2.24, 2.45) is 0 Å². The zero-order valence-electron chi connectivity index (χ0n) is 64.0. The van der Waals surface area contributed by atoms with Gasteiger partial charge in [-0.1, -0.05) is 206 Å². The van der Waals surface area contributed by atoms with E-state index in [1.54, 1.807) is 31.2 Å². The van der Waals surface area contributed by atoms with Gasteiger partial charge in [-0.15, -0.1) is 0 Å². The van der Waals surface area contributed by atoms with Gasteiger partial charge >= 0.3 is 59.9 Å². The Morgan fingerprint density at radius 3 is 1.25 bits per heavy atom. The van der Waals surface area contributed by atoms with Gasteiger partial charge in [0.25, 0.3) is 11.4 Å². The van der Waals surface area contributed by atoms with Crippen LogP contribution in [0.15, 0.2) is 24.3 Å². The number of carbonyl (C=O) groups excluding carboxylic acids is 11. The second-order valence-corrected chi connectivity index (χ2v) is 27.1. The van der Waals surface area contributed by atoms with Crippen molar-refractivity contribution in [1.29, 1.82) is 0 Å². The molecular weight excluding hydrogens is 1350 g/mol. The van der Waals surface area contributed by atoms with Crippen LogP contribution in [0.3, 0.4) is 0 Å². The number of amides is 3. The molecule has 28 heteroatoms. The summed E-state index contributed by atoms with van der Waals surface area (Å²) in [5, 5.41) is 19.9. The zero-order valence-corrected chi connectivity index (χ0v) is 64.0. The summed E-state index contributed by atoms with van der Waals surface area (Å²) in [5.74, 6) is -9.30. The zero-order chi connectivity index (χ0) is 77.1. The van der Waals surface area contributed by atoms with E-state index in [1.165, 1.54) is 147 Å². The first-order chi connectivity index (χ1) is 49.7. The summed E-state index contributed by atoms with van der Waals surface area (Å²) in [6.45, 7) is 11.7. The number of carbonyl (C=O) groups is 11. The lowest BCUT2D eigenvalue weighted by Crippen LogP contribution is -2.65. The van der Waals surface area contributed by atoms with Crippen LogP contribution in [0, 0.1) is 0 Å². The molecule has 104 heavy (non-hydrogen) atoms. The van der Waals surface area contributed by atoms with Gasteiger partial charge in [0.15, 0.2) is 50.0 Å². The van der Waals surface area contributed by atoms with Crippen LogP contribution in [0.2, 0.25) is 0 Å². The van der Waals surface area contributed by atoms with Crippen LogP contribution >= 0.6 is 0 Å². The third-order valence-corrected chi connectivity index (χ3v) is 17.2. The maximum atomic E-state index is 14.6. The third kappa shape index (κ3) is 42.4. The molecule has 4 unspecified atom stereocenters. The summed E-state index contributed by atoms with van der Waals surface area (Å²) in [5.41, 5.74) is -0.757. The summed E-state index contributed by atoms with van der Waals surface area (Å²) in [7, 11) is 0. The number of hydroxylamine groups is 1. The second kappa shape index (κ2) is 54.9. The maximum absolute atomic E-state index is 14.6. The van der Waals surface area contributed by atoms with Crippen molar-refractivity contribution < 1.29 is 120 Å². The summed E-state index contributed by atoms with van der Waals surface area (Å²) >= 11 is 0. The van der Waals surface area contributed by atoms with Crippen molar-refractivity contribution in [3.63, 3.8) is 0 Å². The minimum Gasteiger partial charge on any atom is -0.463 e. The smallest absolute Gasteiger partial charge is 0.407 e. The third-order valence-electron chi connectivity index (χ3n) is 17.2. The summed E-state index contributed by atoms with van der Waals surface area (Å²) < 4.78 is 68.4. The van der Waals surface area contributed by atoms with Gasteiger partial charge in [0, 0.05) is 87.5 Å². The van der Waals surface area contributed by atoms with E-state index in [-0.39, 0.29) is 6.54 Å². The average molecular weight is 1480 g/mol. The maximum Gasteiger partial charge on any atom is 0.407 e. The lowest BCUT2D eigenvalue weighted by Gasteiger charge is -2.46. The molecule has 0 aromatic heterocycles. The van der Waals surface area contributed by atoms with Crippen molar-refractivity contribution in [2.45, 2.75) is 336 Å². The van der Waals surface area contributed by atoms with Crippen LogP contribution in [0.4, 0.5) is 9.59 Å². The molecule has 0 bridgehead atoms. The Hall–Kier alpha value is -7.62. The first-order valence-corrected chi connectivity index (χ1v) is 37.8. The molecule has 1 aliphatic rings. The molecule has 1 aromatic rings. The standard InChI is InChI=1S/C76H124N4O24/c1-12-14-16-18-20-22-24-26-28-30-32-34-36-38-40-46-77-74(90)95-52-76(11,53-96-75(91)78-47-41-39-37-35-33-31-29-27-25-23-21-19-17-15-13-2)80(92)49-63-44-42-62(43-45-63)48-79-72(89)70(101-60(9)87)68(99-58(7)85)67(64(97-56(5)83)50-93-54(3)81)104-73-71(102-61(10)88)69(100-59(8)86)66(98-57(6)84)65(103-73)51-94-55(4)82/h42-45,49,64-71,73H,12-41,46-48,50-53H2,1-11H3,(H3-,77,78,79,89,90,91,92)/p+1/t64?,65?,66-,67+,68-,69-,70?,71?,73-/m0/s1. The Morgan fingerprint density at radius 1 is 0.462 bits per heavy atom. The van der Waals surface area contributed by atoms with E-state index in [0.29, 0.717) is 24.2 Å². The van der Waals surface area contributed by atoms with Crippen molar-refractivity contribution in [1.82, 2.24) is 16.0 Å². The topological polar surface area (TPSA) is 358 Å². The fourth-order valence-electron chi connectivity index (χ4n) is 11.8. The largest absolute Gasteiger partial charge is 0.463 e. The van der Waals surface area contributed by atoms with Crippen molar-refractivity contribution in [3.05, 3.63) is 35.4 Å². The molecule has 2 rings (SSSR count). The molecule has 3 amide bonds. The summed E-state index contributed by atoms with van der Waals surface area (Å²) in [6.07, 6.45) is 18.3. The molecule has 1 saturated heterocycles. The van der Waals surface area contributed by atoms with Gasteiger partial charge in [-0.05, 0) is 35.3 Å². The fraction of sp³-hybridized carbons (Fsp3) is 0.763. The summed E-state index contributed by atoms with van der Waals surface area (Å²) in [6, 6.07) is 6.22. The van der Waals surface area contributed by atoms with E-state index in [4.69, 9.17) is 56.8 Å². The number of benzene rings is 1. The van der Waals surface area contributed by atoms with Crippen molar-refractivity contribution >= 4 is 72.1 Å². The quantitative estimate of drug-likeness (QED) is 0.00895. The Labute approximate surface area is 616 Å². The monoisotopic (exact) mass is 1480 g/mol. The van der Waals surface area contributed by atoms with Gasteiger partial charge in [0.2, 0.25) is 12.3 Å². The molecule has 1 heterocycles. The highest BCUT2D eigenvalue weighted by Crippen LogP contribution is 2.33. The van der Waals surface area contributed by atoms with Crippen molar-refractivity contribution in [2.75, 3.05) is 39.5 Å². The van der Waals surface area contributed by atoms with E-state index >= 15 is 0 Å². The van der Waals surface area contributed by atoms with E-state index in [2.05, 4.69) is 29.8 Å². The highest BCUT2D eigenvalue weighted by Gasteiger charge is 2.56. The van der Waals surface area contributed by atoms with Crippen LogP contribution in [0.25, 0.3) is 0 Å². The number of nitrogens with one attached hydrogen (secondary N) is 3. The number of hydrogen-bond acceptors (Lipinski definition) is 24. The normalized spacial score (nSPS) is 17.0. The van der Waals surface area contributed by atoms with E-state index in [9.17, 15) is 57.9 Å². The van der Waals surface area contributed by atoms with Crippen molar-refractivity contribution in [3.8, 4) is 0 Å². The highest BCUT2D eigenvalue weighted by molar-refractivity contribution is 5.85. The first kappa shape index (κ1) is 92.5. The molecule has 1 aromatic carbocycles. The number of nitrogens with zero attached hydrogens (tertiary/aromatic N) is 1. The molecule has 0 saturated carbocycles. The Bertz CT molecular complexity index is 2680. The van der Waals surface area contributed by atoms with E-state index in [0.717, 1.165) is 111 Å². The molecule has 1 aliphatic heterocycles. The fourth-order valence-corrected chi connectivity index (χ4v) is 11.8. The minimum atomic E-state index is -2.24. The Morgan fingerprint density at radius 2 is 0.856 bits per heavy atom. The number of esters is 8. The molecule has 4 N–H and O–H groups in total. The average Bonchev–Trinajstić information content (AvgIpc) is 0.776. The number of rotatable bonds is 56. The molecule has 0 spiro atoms. The highest BCUT2D eigenvalue weighted by atomic mass is 16.8. The van der Waals surface area contributed by atoms with Crippen LogP contribution in [-0.4, -0.2) is 182 Å². The predicted octanol–water partition coefficient (Wildman–Crippen LogP) is 11.9. The molecule has 0 aliphatic carbocycles. The van der Waals surface area contributed by atoms with Gasteiger partial charge in [-0.3, -0.25) is 48.4 Å². The molecule has 9 atom stereocenters. The number of alkyl carbamates (subject to hydrolysis) is 2. The van der Waals surface area contributed by atoms with Crippen LogP contribution in [0.1, 0.15) is 280 Å². The van der Waals surface area contributed by atoms with Crippen LogP contribution in [0.5, 0.6) is 0 Å². The van der Waals surface area contributed by atoms with Gasteiger partial charge in [0.1, 0.15) is 25.4 Å². The van der Waals surface area contributed by atoms with Gasteiger partial charge in [-0.25, -0.2) is 9.59 Å². The van der Waals surface area contributed by atoms with E-state index < -0.39 is 153 Å². The molecule has 28 nitrogen and oxygen atoms in total. The summed E-state index contributed by atoms with van der Waals surface area (Å²) in [4.78, 5) is 142. The minimum absolute atomic E-state index is 0.332. The lowest BCUT2D eigenvalue weighted by molar-refractivity contribution is -0.823. The Balaban J connectivity index is 2.41. The number of hydrogen-bond donors (Lipinski definition) is 4. The second-order valence-electron chi connectivity index (χ2n) is 27.1. The first-order valence-electron chi connectivity index (χ1n) is 37.8. The molecule has 0 radical (unpaired) electrons. The van der Waals surface area contributed by atoms with E-state index in [1.807, 2.05) is 0 Å². The van der Waals surface area contributed by atoms with Gasteiger partial charge in [-0.2, -0.15) is 0 Å². The molecule has 592 valence electrons. The number of ether oxygens (including phenoxy) is 12. The predicted molar refractivity (Wildman–Crippen MR) is 383 cm³/mol. The lowest BCUT2D eigenvalue weighted by atomic mass is 9.97. The SMILES string of the molecule is CCCCCCCCCCCCCCCCCNC(=O)OCC(C)(COC(=O)NCCCCCCCCCCCCCCCCC)[N+](O)=Cc1ccc(CNC(=O)C(OC(C)=O)[C@@H](OC(C)=O)[C@H](O[C@@H]2OC(COC(C)=O)[C@H](OC(C)=O)[C@H](OC(C)=O)C2OC(C)=O)C(COC(C)=O)OC(C)=O)cc1. The van der Waals surface area contributed by atoms with Crippen LogP contribution in [-0.2, 0) is 107 Å². The Kier molecular flexibility index (Phi) is 48.8. The van der Waals surface area contributed by atoms with Gasteiger partial charge < -0.3 is 72.8 Å². The molecular formula is C76H125N4O24+. The van der Waals surface area contributed by atoms with Gasteiger partial charge in [0.05, 0.1) is 0 Å². The number of unbranched alkanes of at least 4 members (excludes halogenated alkanes) is 28.